The van der Waals surface area contributed by atoms with Gasteiger partial charge in [0.1, 0.15) is 0 Å². The Bertz CT molecular complexity index is 320. The van der Waals surface area contributed by atoms with Crippen molar-refractivity contribution in [1.29, 1.82) is 0 Å². The van der Waals surface area contributed by atoms with Crippen LogP contribution in [0.5, 0.6) is 0 Å². The number of aromatic nitrogens is 1. The van der Waals surface area contributed by atoms with E-state index in [9.17, 15) is 4.79 Å². The van der Waals surface area contributed by atoms with Gasteiger partial charge in [-0.2, -0.15) is 0 Å². The molecule has 13 heavy (non-hydrogen) atoms. The molecule has 0 amide bonds. The van der Waals surface area contributed by atoms with Gasteiger partial charge in [0.25, 0.3) is 0 Å². The number of thiazole rings is 1. The molecule has 1 aliphatic rings. The average molecular weight is 198 g/mol. The first-order valence-corrected chi connectivity index (χ1v) is 5.00. The monoisotopic (exact) mass is 198 g/mol. The van der Waals surface area contributed by atoms with Gasteiger partial charge in [-0.1, -0.05) is 0 Å². The Morgan fingerprint density at radius 1 is 1.77 bits per heavy atom. The Morgan fingerprint density at radius 3 is 3.08 bits per heavy atom. The minimum absolute atomic E-state index is 0.0383. The molecule has 0 spiro atoms. The maximum Gasteiger partial charge on any atom is 0.309 e. The second kappa shape index (κ2) is 3.43. The smallest absolute Gasteiger partial charge is 0.309 e. The molecule has 1 fully saturated rings. The molecule has 0 aliphatic carbocycles. The van der Waals surface area contributed by atoms with Gasteiger partial charge in [0.05, 0.1) is 17.1 Å². The molecular weight excluding hydrogens is 188 g/mol. The molecule has 2 N–H and O–H groups in total. The lowest BCUT2D eigenvalue weighted by atomic mass is 10.1. The topological polar surface area (TPSA) is 62.2 Å². The van der Waals surface area contributed by atoms with Gasteiger partial charge in [0.15, 0.2) is 0 Å². The van der Waals surface area contributed by atoms with Crippen molar-refractivity contribution in [2.75, 3.05) is 13.1 Å². The summed E-state index contributed by atoms with van der Waals surface area (Å²) in [5.74, 6) is -0.309. The second-order valence-corrected chi connectivity index (χ2v) is 3.99. The van der Waals surface area contributed by atoms with Crippen molar-refractivity contribution in [3.63, 3.8) is 0 Å². The highest BCUT2D eigenvalue weighted by Gasteiger charge is 2.22. The fourth-order valence-corrected chi connectivity index (χ4v) is 2.13. The summed E-state index contributed by atoms with van der Waals surface area (Å²) in [5, 5.41) is 14.6. The third-order valence-corrected chi connectivity index (χ3v) is 3.09. The lowest BCUT2D eigenvalue weighted by molar-refractivity contribution is -0.136. The molecule has 2 heterocycles. The second-order valence-electron chi connectivity index (χ2n) is 3.10. The van der Waals surface area contributed by atoms with Crippen LogP contribution in [0.4, 0.5) is 0 Å². The lowest BCUT2D eigenvalue weighted by Gasteiger charge is -2.24. The van der Waals surface area contributed by atoms with E-state index in [1.165, 1.54) is 0 Å². The van der Waals surface area contributed by atoms with Crippen LogP contribution in [0.15, 0.2) is 5.38 Å². The van der Waals surface area contributed by atoms with Crippen molar-refractivity contribution in [3.8, 4) is 0 Å². The first-order valence-electron chi connectivity index (χ1n) is 4.12. The molecule has 5 heteroatoms. The first-order chi connectivity index (χ1) is 6.25. The first kappa shape index (κ1) is 8.65. The van der Waals surface area contributed by atoms with E-state index in [4.69, 9.17) is 5.11 Å². The molecule has 70 valence electrons. The van der Waals surface area contributed by atoms with E-state index in [0.29, 0.717) is 11.6 Å². The summed E-state index contributed by atoms with van der Waals surface area (Å²) in [6, 6.07) is 0. The van der Waals surface area contributed by atoms with Crippen LogP contribution in [0.3, 0.4) is 0 Å². The lowest BCUT2D eigenvalue weighted by Crippen LogP contribution is -2.39. The van der Waals surface area contributed by atoms with Gasteiger partial charge < -0.3 is 10.4 Å². The van der Waals surface area contributed by atoms with Crippen molar-refractivity contribution >= 4 is 17.3 Å². The molecular formula is C8H10N2O2S. The zero-order chi connectivity index (χ0) is 9.26. The van der Waals surface area contributed by atoms with E-state index < -0.39 is 5.97 Å². The summed E-state index contributed by atoms with van der Waals surface area (Å²) in [6.45, 7) is 1.94. The summed E-state index contributed by atoms with van der Waals surface area (Å²) >= 11 is 1.56. The standard InChI is InChI=1S/C8H10N2O2S/c11-7(12)1-6-4-13-8(10-6)5-2-9-3-5/h4-5,9H,1-3H2,(H,11,12). The number of nitrogens with zero attached hydrogens (tertiary/aromatic N) is 1. The molecule has 0 bridgehead atoms. The van der Waals surface area contributed by atoms with Gasteiger partial charge in [-0.3, -0.25) is 4.79 Å². The minimum Gasteiger partial charge on any atom is -0.481 e. The van der Waals surface area contributed by atoms with Crippen molar-refractivity contribution in [2.24, 2.45) is 0 Å². The number of rotatable bonds is 3. The van der Waals surface area contributed by atoms with Crippen LogP contribution in [0.1, 0.15) is 16.6 Å². The molecule has 4 nitrogen and oxygen atoms in total. The maximum atomic E-state index is 10.4. The van der Waals surface area contributed by atoms with Gasteiger partial charge in [-0.15, -0.1) is 11.3 Å². The Kier molecular flexibility index (Phi) is 2.28. The Hall–Kier alpha value is -0.940. The molecule has 0 unspecified atom stereocenters. The predicted octanol–water partition coefficient (Wildman–Crippen LogP) is 0.457. The maximum absolute atomic E-state index is 10.4. The largest absolute Gasteiger partial charge is 0.481 e. The number of hydrogen-bond donors (Lipinski definition) is 2. The van der Waals surface area contributed by atoms with Gasteiger partial charge in [-0.05, 0) is 0 Å². The number of carbonyl (C=O) groups is 1. The van der Waals surface area contributed by atoms with Crippen LogP contribution < -0.4 is 5.32 Å². The number of hydrogen-bond acceptors (Lipinski definition) is 4. The SMILES string of the molecule is O=C(O)Cc1csc(C2CNC2)n1. The van der Waals surface area contributed by atoms with Gasteiger partial charge in [0, 0.05) is 24.4 Å². The van der Waals surface area contributed by atoms with Crippen LogP contribution in [-0.4, -0.2) is 29.1 Å². The highest BCUT2D eigenvalue weighted by atomic mass is 32.1. The highest BCUT2D eigenvalue weighted by molar-refractivity contribution is 7.09. The molecule has 1 saturated heterocycles. The van der Waals surface area contributed by atoms with Crippen molar-refractivity contribution < 1.29 is 9.90 Å². The molecule has 1 aromatic heterocycles. The summed E-state index contributed by atoms with van der Waals surface area (Å²) < 4.78 is 0. The quantitative estimate of drug-likeness (QED) is 0.740. The van der Waals surface area contributed by atoms with E-state index in [0.717, 1.165) is 18.1 Å². The highest BCUT2D eigenvalue weighted by Crippen LogP contribution is 2.23. The Labute approximate surface area is 79.6 Å². The van der Waals surface area contributed by atoms with Gasteiger partial charge in [-0.25, -0.2) is 4.98 Å². The van der Waals surface area contributed by atoms with E-state index >= 15 is 0 Å². The van der Waals surface area contributed by atoms with Crippen LogP contribution in [0, 0.1) is 0 Å². The molecule has 1 aliphatic heterocycles. The Morgan fingerprint density at radius 2 is 2.54 bits per heavy atom. The molecule has 1 aromatic rings. The van der Waals surface area contributed by atoms with E-state index in [1.54, 1.807) is 11.3 Å². The fourth-order valence-electron chi connectivity index (χ4n) is 1.21. The zero-order valence-corrected chi connectivity index (χ0v) is 7.80. The van der Waals surface area contributed by atoms with Gasteiger partial charge in [0.2, 0.25) is 0 Å². The Balaban J connectivity index is 2.04. The van der Waals surface area contributed by atoms with E-state index in [-0.39, 0.29) is 6.42 Å². The van der Waals surface area contributed by atoms with E-state index in [2.05, 4.69) is 10.3 Å². The molecule has 0 aromatic carbocycles. The molecule has 2 rings (SSSR count). The predicted molar refractivity (Wildman–Crippen MR) is 49.1 cm³/mol. The minimum atomic E-state index is -0.816. The van der Waals surface area contributed by atoms with Crippen LogP contribution in [-0.2, 0) is 11.2 Å². The molecule has 0 saturated carbocycles. The van der Waals surface area contributed by atoms with Crippen LogP contribution in [0.2, 0.25) is 0 Å². The number of carboxylic acids is 1. The van der Waals surface area contributed by atoms with Gasteiger partial charge >= 0.3 is 5.97 Å². The third kappa shape index (κ3) is 1.87. The summed E-state index contributed by atoms with van der Waals surface area (Å²) in [5.41, 5.74) is 0.680. The zero-order valence-electron chi connectivity index (χ0n) is 6.99. The summed E-state index contributed by atoms with van der Waals surface area (Å²) in [7, 11) is 0. The average Bonchev–Trinajstić information content (AvgIpc) is 2.31. The summed E-state index contributed by atoms with van der Waals surface area (Å²) in [6.07, 6.45) is 0.0383. The number of carboxylic acid groups (broad SMARTS) is 1. The third-order valence-electron chi connectivity index (χ3n) is 2.03. The molecule has 0 atom stereocenters. The number of nitrogens with one attached hydrogen (secondary N) is 1. The van der Waals surface area contributed by atoms with Crippen molar-refractivity contribution in [2.45, 2.75) is 12.3 Å². The van der Waals surface area contributed by atoms with Crippen LogP contribution in [0.25, 0.3) is 0 Å². The van der Waals surface area contributed by atoms with Crippen molar-refractivity contribution in [1.82, 2.24) is 10.3 Å². The summed E-state index contributed by atoms with van der Waals surface area (Å²) in [4.78, 5) is 14.7. The van der Waals surface area contributed by atoms with Crippen molar-refractivity contribution in [3.05, 3.63) is 16.1 Å². The van der Waals surface area contributed by atoms with E-state index in [1.807, 2.05) is 5.38 Å². The normalized spacial score (nSPS) is 16.9. The molecule has 0 radical (unpaired) electrons. The van der Waals surface area contributed by atoms with Crippen LogP contribution >= 0.6 is 11.3 Å². The number of aliphatic carboxylic acids is 1. The fraction of sp³-hybridized carbons (Fsp3) is 0.500.